The molecule has 0 aliphatic carbocycles. The number of hydrogen-bond acceptors (Lipinski definition) is 2. The predicted molar refractivity (Wildman–Crippen MR) is 72.4 cm³/mol. The molecule has 96 valence electrons. The summed E-state index contributed by atoms with van der Waals surface area (Å²) in [5, 5.41) is 0. The predicted octanol–water partition coefficient (Wildman–Crippen LogP) is 3.83. The highest BCUT2D eigenvalue weighted by molar-refractivity contribution is 7.97. The van der Waals surface area contributed by atoms with Crippen molar-refractivity contribution in [3.8, 4) is 0 Å². The molecular formula is C12H26N2OS. The van der Waals surface area contributed by atoms with Crippen molar-refractivity contribution >= 4 is 18.0 Å². The first-order chi connectivity index (χ1) is 7.77. The van der Waals surface area contributed by atoms with E-state index in [-0.39, 0.29) is 0 Å². The summed E-state index contributed by atoms with van der Waals surface area (Å²) in [6.45, 7) is 2.25. The van der Waals surface area contributed by atoms with Gasteiger partial charge in [-0.15, -0.1) is 0 Å². The van der Waals surface area contributed by atoms with Crippen molar-refractivity contribution in [3.05, 3.63) is 0 Å². The Kier molecular flexibility index (Phi) is 12.4. The van der Waals surface area contributed by atoms with Crippen molar-refractivity contribution in [1.29, 1.82) is 0 Å². The maximum atomic E-state index is 10.3. The molecule has 0 atom stereocenters. The van der Waals surface area contributed by atoms with Gasteiger partial charge in [-0.05, 0) is 18.4 Å². The van der Waals surface area contributed by atoms with Crippen molar-refractivity contribution in [2.75, 3.05) is 5.75 Å². The van der Waals surface area contributed by atoms with Gasteiger partial charge in [0.1, 0.15) is 0 Å². The minimum Gasteiger partial charge on any atom is -0.351 e. The van der Waals surface area contributed by atoms with E-state index in [1.165, 1.54) is 69.7 Å². The lowest BCUT2D eigenvalue weighted by Crippen LogP contribution is -2.23. The van der Waals surface area contributed by atoms with E-state index in [0.29, 0.717) is 0 Å². The molecule has 0 aliphatic heterocycles. The number of carbonyl (C=O) groups is 1. The first-order valence-corrected chi connectivity index (χ1v) is 7.43. The number of carbonyl (C=O) groups excluding carboxylic acids is 1. The van der Waals surface area contributed by atoms with Crippen LogP contribution in [-0.2, 0) is 0 Å². The van der Waals surface area contributed by atoms with E-state index in [1.807, 2.05) is 0 Å². The highest BCUT2D eigenvalue weighted by Crippen LogP contribution is 2.10. The number of rotatable bonds is 11. The Morgan fingerprint density at radius 2 is 1.50 bits per heavy atom. The number of nitrogens with one attached hydrogen (secondary N) is 1. The van der Waals surface area contributed by atoms with Crippen LogP contribution in [0.25, 0.3) is 0 Å². The molecule has 2 amide bonds. The number of nitrogens with two attached hydrogens (primary N) is 1. The van der Waals surface area contributed by atoms with E-state index >= 15 is 0 Å². The molecule has 0 aliphatic rings. The van der Waals surface area contributed by atoms with Crippen LogP contribution in [0.5, 0.6) is 0 Å². The topological polar surface area (TPSA) is 55.1 Å². The molecule has 0 saturated carbocycles. The smallest absolute Gasteiger partial charge is 0.322 e. The van der Waals surface area contributed by atoms with Gasteiger partial charge < -0.3 is 5.73 Å². The first-order valence-electron chi connectivity index (χ1n) is 6.44. The molecule has 0 radical (unpaired) electrons. The maximum Gasteiger partial charge on any atom is 0.322 e. The van der Waals surface area contributed by atoms with Gasteiger partial charge in [-0.3, -0.25) is 4.72 Å². The van der Waals surface area contributed by atoms with E-state index < -0.39 is 6.03 Å². The largest absolute Gasteiger partial charge is 0.351 e. The average Bonchev–Trinajstić information content (AvgIpc) is 2.25. The fraction of sp³-hybridized carbons (Fsp3) is 0.917. The van der Waals surface area contributed by atoms with Gasteiger partial charge in [0.05, 0.1) is 0 Å². The van der Waals surface area contributed by atoms with Crippen LogP contribution in [0.15, 0.2) is 0 Å². The Bertz CT molecular complexity index is 165. The molecule has 4 heteroatoms. The zero-order chi connectivity index (χ0) is 12.1. The summed E-state index contributed by atoms with van der Waals surface area (Å²) in [6, 6.07) is -0.444. The van der Waals surface area contributed by atoms with Gasteiger partial charge in [0.25, 0.3) is 0 Å². The third kappa shape index (κ3) is 13.6. The molecule has 0 saturated heterocycles. The normalized spacial score (nSPS) is 10.3. The minimum absolute atomic E-state index is 0.444. The quantitative estimate of drug-likeness (QED) is 0.430. The number of hydrogen-bond donors (Lipinski definition) is 2. The molecule has 0 fully saturated rings. The van der Waals surface area contributed by atoms with Crippen LogP contribution in [-0.4, -0.2) is 11.8 Å². The molecule has 0 bridgehead atoms. The SMILES string of the molecule is CCCCCCCCCCCSNC(N)=O. The fourth-order valence-corrected chi connectivity index (χ4v) is 2.20. The zero-order valence-corrected chi connectivity index (χ0v) is 11.3. The molecular weight excluding hydrogens is 220 g/mol. The molecule has 0 heterocycles. The fourth-order valence-electron chi connectivity index (χ4n) is 1.61. The molecule has 0 spiro atoms. The molecule has 0 rings (SSSR count). The Morgan fingerprint density at radius 1 is 1.00 bits per heavy atom. The van der Waals surface area contributed by atoms with Crippen LogP contribution in [0.4, 0.5) is 4.79 Å². The highest BCUT2D eigenvalue weighted by atomic mass is 32.2. The van der Waals surface area contributed by atoms with Gasteiger partial charge in [0.15, 0.2) is 0 Å². The first kappa shape index (κ1) is 15.6. The second-order valence-electron chi connectivity index (χ2n) is 4.14. The van der Waals surface area contributed by atoms with Crippen molar-refractivity contribution in [2.45, 2.75) is 64.7 Å². The summed E-state index contributed by atoms with van der Waals surface area (Å²) < 4.78 is 2.53. The molecule has 0 aromatic heterocycles. The van der Waals surface area contributed by atoms with E-state index in [4.69, 9.17) is 5.73 Å². The highest BCUT2D eigenvalue weighted by Gasteiger charge is 1.94. The third-order valence-electron chi connectivity index (χ3n) is 2.52. The van der Waals surface area contributed by atoms with E-state index in [2.05, 4.69) is 11.6 Å². The van der Waals surface area contributed by atoms with Crippen LogP contribution in [0.2, 0.25) is 0 Å². The van der Waals surface area contributed by atoms with Crippen molar-refractivity contribution in [3.63, 3.8) is 0 Å². The number of amides is 2. The van der Waals surface area contributed by atoms with Crippen LogP contribution in [0, 0.1) is 0 Å². The number of primary amides is 1. The summed E-state index contributed by atoms with van der Waals surface area (Å²) in [7, 11) is 0. The molecule has 16 heavy (non-hydrogen) atoms. The number of unbranched alkanes of at least 4 members (excludes halogenated alkanes) is 8. The Hall–Kier alpha value is -0.380. The molecule has 0 aromatic carbocycles. The van der Waals surface area contributed by atoms with Crippen molar-refractivity contribution in [1.82, 2.24) is 4.72 Å². The van der Waals surface area contributed by atoms with Gasteiger partial charge in [-0.1, -0.05) is 58.3 Å². The second kappa shape index (κ2) is 12.7. The second-order valence-corrected chi connectivity index (χ2v) is 5.04. The van der Waals surface area contributed by atoms with E-state index in [1.54, 1.807) is 0 Å². The summed E-state index contributed by atoms with van der Waals surface area (Å²) in [4.78, 5) is 10.3. The third-order valence-corrected chi connectivity index (χ3v) is 3.36. The van der Waals surface area contributed by atoms with E-state index in [0.717, 1.165) is 5.75 Å². The Morgan fingerprint density at radius 3 is 2.00 bits per heavy atom. The Labute approximate surface area is 104 Å². The lowest BCUT2D eigenvalue weighted by atomic mass is 10.1. The van der Waals surface area contributed by atoms with Gasteiger partial charge >= 0.3 is 6.03 Å². The monoisotopic (exact) mass is 246 g/mol. The standard InChI is InChI=1S/C12H26N2OS/c1-2-3-4-5-6-7-8-9-10-11-16-14-12(13)15/h2-11H2,1H3,(H3,13,14,15). The van der Waals surface area contributed by atoms with Crippen LogP contribution in [0.3, 0.4) is 0 Å². The van der Waals surface area contributed by atoms with Crippen LogP contribution in [0.1, 0.15) is 64.7 Å². The Balaban J connectivity index is 2.90. The summed E-state index contributed by atoms with van der Waals surface area (Å²) in [5.74, 6) is 0.971. The van der Waals surface area contributed by atoms with E-state index in [9.17, 15) is 4.79 Å². The van der Waals surface area contributed by atoms with Crippen molar-refractivity contribution in [2.24, 2.45) is 5.73 Å². The zero-order valence-electron chi connectivity index (χ0n) is 10.5. The lowest BCUT2D eigenvalue weighted by Gasteiger charge is -2.02. The summed E-state index contributed by atoms with van der Waals surface area (Å²) >= 11 is 1.41. The summed E-state index contributed by atoms with van der Waals surface area (Å²) in [5.41, 5.74) is 4.94. The summed E-state index contributed by atoms with van der Waals surface area (Å²) in [6.07, 6.45) is 12.0. The molecule has 3 nitrogen and oxygen atoms in total. The van der Waals surface area contributed by atoms with Gasteiger partial charge in [0, 0.05) is 5.75 Å². The van der Waals surface area contributed by atoms with Crippen LogP contribution >= 0.6 is 11.9 Å². The minimum atomic E-state index is -0.444. The number of urea groups is 1. The van der Waals surface area contributed by atoms with Gasteiger partial charge in [-0.25, -0.2) is 4.79 Å². The van der Waals surface area contributed by atoms with Gasteiger partial charge in [0.2, 0.25) is 0 Å². The molecule has 0 aromatic rings. The van der Waals surface area contributed by atoms with Crippen molar-refractivity contribution < 1.29 is 4.79 Å². The molecule has 0 unspecified atom stereocenters. The lowest BCUT2D eigenvalue weighted by molar-refractivity contribution is 0.254. The average molecular weight is 246 g/mol. The maximum absolute atomic E-state index is 10.3. The van der Waals surface area contributed by atoms with Crippen LogP contribution < -0.4 is 10.5 Å². The van der Waals surface area contributed by atoms with Gasteiger partial charge in [-0.2, -0.15) is 0 Å². The molecule has 3 N–H and O–H groups in total.